The summed E-state index contributed by atoms with van der Waals surface area (Å²) in [6, 6.07) is 3.63. The van der Waals surface area contributed by atoms with Gasteiger partial charge in [-0.1, -0.05) is 6.42 Å². The predicted molar refractivity (Wildman–Crippen MR) is 76.2 cm³/mol. The molecule has 100 valence electrons. The number of nitrogens with two attached hydrogens (primary N) is 1. The van der Waals surface area contributed by atoms with Crippen LogP contribution in [0, 0.1) is 5.92 Å². The van der Waals surface area contributed by atoms with Crippen LogP contribution in [0.1, 0.15) is 19.3 Å². The van der Waals surface area contributed by atoms with E-state index in [0.717, 1.165) is 16.6 Å². The fraction of sp³-hybridized carbons (Fsp3) is 0.429. The van der Waals surface area contributed by atoms with Crippen molar-refractivity contribution in [3.63, 3.8) is 0 Å². The Balaban J connectivity index is 1.81. The minimum atomic E-state index is -0.125. The molecule has 0 saturated heterocycles. The lowest BCUT2D eigenvalue weighted by Gasteiger charge is -2.31. The Morgan fingerprint density at radius 2 is 2.37 bits per heavy atom. The lowest BCUT2D eigenvalue weighted by molar-refractivity contribution is 0.268. The summed E-state index contributed by atoms with van der Waals surface area (Å²) >= 11 is 0. The van der Waals surface area contributed by atoms with Gasteiger partial charge in [0.05, 0.1) is 11.7 Å². The van der Waals surface area contributed by atoms with Crippen molar-refractivity contribution in [3.05, 3.63) is 34.9 Å². The van der Waals surface area contributed by atoms with E-state index in [2.05, 4.69) is 15.3 Å². The number of pyridine rings is 2. The number of hydrogen-bond acceptors (Lipinski definition) is 4. The minimum absolute atomic E-state index is 0.125. The lowest BCUT2D eigenvalue weighted by atomic mass is 9.80. The first-order valence-corrected chi connectivity index (χ1v) is 6.70. The molecule has 5 heteroatoms. The quantitative estimate of drug-likeness (QED) is 0.775. The fourth-order valence-corrected chi connectivity index (χ4v) is 2.52. The second kappa shape index (κ2) is 5.01. The summed E-state index contributed by atoms with van der Waals surface area (Å²) in [5.74, 6) is 0.627. The normalized spacial score (nSPS) is 17.1. The number of hydrogen-bond donors (Lipinski definition) is 3. The summed E-state index contributed by atoms with van der Waals surface area (Å²) in [7, 11) is 0. The second-order valence-corrected chi connectivity index (χ2v) is 5.20. The predicted octanol–water partition coefficient (Wildman–Crippen LogP) is 1.46. The van der Waals surface area contributed by atoms with Crippen LogP contribution >= 0.6 is 0 Å². The summed E-state index contributed by atoms with van der Waals surface area (Å²) in [6.45, 7) is 0.700. The van der Waals surface area contributed by atoms with Crippen LogP contribution in [0.25, 0.3) is 10.9 Å². The van der Waals surface area contributed by atoms with Gasteiger partial charge in [-0.15, -0.1) is 0 Å². The number of rotatable bonds is 4. The van der Waals surface area contributed by atoms with Crippen LogP contribution in [0.15, 0.2) is 29.3 Å². The molecule has 2 aromatic heterocycles. The van der Waals surface area contributed by atoms with E-state index < -0.39 is 0 Å². The van der Waals surface area contributed by atoms with E-state index in [1.165, 1.54) is 19.3 Å². The molecule has 0 aromatic carbocycles. The van der Waals surface area contributed by atoms with Crippen molar-refractivity contribution in [2.45, 2.75) is 25.3 Å². The van der Waals surface area contributed by atoms with Crippen molar-refractivity contribution in [1.29, 1.82) is 0 Å². The zero-order valence-corrected chi connectivity index (χ0v) is 10.7. The fourth-order valence-electron chi connectivity index (χ4n) is 2.52. The summed E-state index contributed by atoms with van der Waals surface area (Å²) in [5, 5.41) is 4.27. The van der Waals surface area contributed by atoms with Crippen molar-refractivity contribution in [1.82, 2.24) is 9.97 Å². The van der Waals surface area contributed by atoms with Crippen molar-refractivity contribution >= 4 is 16.6 Å². The molecule has 2 heterocycles. The highest BCUT2D eigenvalue weighted by Crippen LogP contribution is 2.29. The standard InChI is InChI=1S/C14H18N4O/c15-11(9-2-1-3-9)7-17-12-6-14(19)18-13-8-16-5-4-10(12)13/h4-6,8-9,11H,1-3,7,15H2,(H2,17,18,19). The van der Waals surface area contributed by atoms with Crippen LogP contribution in [-0.4, -0.2) is 22.6 Å². The lowest BCUT2D eigenvalue weighted by Crippen LogP contribution is -2.40. The van der Waals surface area contributed by atoms with Gasteiger partial charge in [-0.25, -0.2) is 0 Å². The molecule has 1 fully saturated rings. The van der Waals surface area contributed by atoms with E-state index in [1.807, 2.05) is 6.07 Å². The molecule has 1 saturated carbocycles. The van der Waals surface area contributed by atoms with Gasteiger partial charge in [0.15, 0.2) is 0 Å². The average Bonchev–Trinajstić information content (AvgIpc) is 2.33. The van der Waals surface area contributed by atoms with E-state index in [4.69, 9.17) is 5.73 Å². The van der Waals surface area contributed by atoms with E-state index in [9.17, 15) is 4.79 Å². The Labute approximate surface area is 111 Å². The first kappa shape index (κ1) is 12.2. The summed E-state index contributed by atoms with van der Waals surface area (Å²) in [4.78, 5) is 18.4. The molecular formula is C14H18N4O. The second-order valence-electron chi connectivity index (χ2n) is 5.20. The Morgan fingerprint density at radius 1 is 1.53 bits per heavy atom. The number of nitrogens with zero attached hydrogens (tertiary/aromatic N) is 1. The zero-order valence-electron chi connectivity index (χ0n) is 10.7. The molecular weight excluding hydrogens is 240 g/mol. The van der Waals surface area contributed by atoms with Gasteiger partial charge in [-0.2, -0.15) is 0 Å². The highest BCUT2D eigenvalue weighted by molar-refractivity contribution is 5.90. The third-order valence-electron chi connectivity index (χ3n) is 3.93. The molecule has 2 aromatic rings. The van der Waals surface area contributed by atoms with Crippen LogP contribution in [0.3, 0.4) is 0 Å². The van der Waals surface area contributed by atoms with E-state index in [0.29, 0.717) is 12.5 Å². The summed E-state index contributed by atoms with van der Waals surface area (Å²) < 4.78 is 0. The van der Waals surface area contributed by atoms with Crippen molar-refractivity contribution in [2.24, 2.45) is 11.7 Å². The number of anilines is 1. The van der Waals surface area contributed by atoms with Gasteiger partial charge < -0.3 is 16.0 Å². The number of aromatic nitrogens is 2. The largest absolute Gasteiger partial charge is 0.383 e. The van der Waals surface area contributed by atoms with Gasteiger partial charge in [0.2, 0.25) is 0 Å². The van der Waals surface area contributed by atoms with Gasteiger partial charge in [0.1, 0.15) is 0 Å². The third-order valence-corrected chi connectivity index (χ3v) is 3.93. The average molecular weight is 258 g/mol. The van der Waals surface area contributed by atoms with Crippen molar-refractivity contribution in [3.8, 4) is 0 Å². The van der Waals surface area contributed by atoms with E-state index in [-0.39, 0.29) is 11.6 Å². The van der Waals surface area contributed by atoms with Crippen molar-refractivity contribution < 1.29 is 0 Å². The van der Waals surface area contributed by atoms with Crippen LogP contribution in [0.2, 0.25) is 0 Å². The maximum Gasteiger partial charge on any atom is 0.250 e. The maximum absolute atomic E-state index is 11.6. The highest BCUT2D eigenvalue weighted by atomic mass is 16.1. The Bertz CT molecular complexity index is 633. The minimum Gasteiger partial charge on any atom is -0.383 e. The highest BCUT2D eigenvalue weighted by Gasteiger charge is 2.24. The van der Waals surface area contributed by atoms with Gasteiger partial charge in [-0.05, 0) is 24.8 Å². The monoisotopic (exact) mass is 258 g/mol. The van der Waals surface area contributed by atoms with Gasteiger partial charge >= 0.3 is 0 Å². The van der Waals surface area contributed by atoms with Crippen molar-refractivity contribution in [2.75, 3.05) is 11.9 Å². The molecule has 1 atom stereocenters. The number of H-pyrrole nitrogens is 1. The number of aromatic amines is 1. The smallest absolute Gasteiger partial charge is 0.250 e. The number of nitrogens with one attached hydrogen (secondary N) is 2. The van der Waals surface area contributed by atoms with Crippen LogP contribution in [0.4, 0.5) is 5.69 Å². The molecule has 0 radical (unpaired) electrons. The Hall–Kier alpha value is -1.88. The summed E-state index contributed by atoms with van der Waals surface area (Å²) in [6.07, 6.45) is 7.12. The molecule has 5 nitrogen and oxygen atoms in total. The first-order chi connectivity index (χ1) is 9.24. The zero-order chi connectivity index (χ0) is 13.2. The molecule has 1 unspecified atom stereocenters. The van der Waals surface area contributed by atoms with Crippen LogP contribution < -0.4 is 16.6 Å². The first-order valence-electron chi connectivity index (χ1n) is 6.70. The molecule has 1 aliphatic carbocycles. The molecule has 3 rings (SSSR count). The Kier molecular flexibility index (Phi) is 3.21. The Morgan fingerprint density at radius 3 is 3.11 bits per heavy atom. The van der Waals surface area contributed by atoms with Gasteiger partial charge in [0, 0.05) is 35.9 Å². The molecule has 0 amide bonds. The molecule has 1 aliphatic rings. The maximum atomic E-state index is 11.6. The van der Waals surface area contributed by atoms with Crippen LogP contribution in [0.5, 0.6) is 0 Å². The molecule has 0 aliphatic heterocycles. The molecule has 4 N–H and O–H groups in total. The van der Waals surface area contributed by atoms with E-state index >= 15 is 0 Å². The summed E-state index contributed by atoms with van der Waals surface area (Å²) in [5.41, 5.74) is 7.60. The van der Waals surface area contributed by atoms with Crippen LogP contribution in [-0.2, 0) is 0 Å². The third kappa shape index (κ3) is 2.46. The van der Waals surface area contributed by atoms with E-state index in [1.54, 1.807) is 18.5 Å². The number of fused-ring (bicyclic) bond motifs is 1. The molecule has 0 bridgehead atoms. The van der Waals surface area contributed by atoms with Gasteiger partial charge in [-0.3, -0.25) is 9.78 Å². The van der Waals surface area contributed by atoms with Gasteiger partial charge in [0.25, 0.3) is 5.56 Å². The molecule has 19 heavy (non-hydrogen) atoms. The topological polar surface area (TPSA) is 83.8 Å². The molecule has 0 spiro atoms. The SMILES string of the molecule is NC(CNc1cc(=O)[nH]c2cnccc12)C1CCC1.